The van der Waals surface area contributed by atoms with Crippen molar-refractivity contribution in [2.24, 2.45) is 0 Å². The second kappa shape index (κ2) is 4.53. The average molecular weight is 220 g/mol. The zero-order valence-corrected chi connectivity index (χ0v) is 9.64. The quantitative estimate of drug-likeness (QED) is 0.750. The molecule has 1 aromatic rings. The molecule has 16 heavy (non-hydrogen) atoms. The molecular formula is C12H16N2O2. The largest absolute Gasteiger partial charge is 0.378 e. The standard InChI is InChI=1S/C12H16N2O2/c1-13(2)11-5-3-4-10(8-11)12(15)14-6-7-16-9-14/h3-5,8H,6-7,9H2,1-2H3. The van der Waals surface area contributed by atoms with Gasteiger partial charge >= 0.3 is 0 Å². The Morgan fingerprint density at radius 1 is 1.44 bits per heavy atom. The first-order valence-electron chi connectivity index (χ1n) is 5.33. The molecule has 1 amide bonds. The lowest BCUT2D eigenvalue weighted by atomic mass is 10.1. The molecule has 1 saturated heterocycles. The molecule has 0 N–H and O–H groups in total. The summed E-state index contributed by atoms with van der Waals surface area (Å²) in [6.45, 7) is 1.73. The molecule has 86 valence electrons. The topological polar surface area (TPSA) is 32.8 Å². The van der Waals surface area contributed by atoms with Gasteiger partial charge in [-0.3, -0.25) is 4.79 Å². The molecule has 1 aliphatic heterocycles. The number of hydrogen-bond donors (Lipinski definition) is 0. The highest BCUT2D eigenvalue weighted by molar-refractivity contribution is 5.95. The number of amides is 1. The maximum atomic E-state index is 12.0. The van der Waals surface area contributed by atoms with Crippen molar-refractivity contribution in [2.75, 3.05) is 38.9 Å². The van der Waals surface area contributed by atoms with Crippen molar-refractivity contribution < 1.29 is 9.53 Å². The third-order valence-corrected chi connectivity index (χ3v) is 2.65. The van der Waals surface area contributed by atoms with Gasteiger partial charge in [0, 0.05) is 31.9 Å². The van der Waals surface area contributed by atoms with Gasteiger partial charge in [-0.1, -0.05) is 6.07 Å². The summed E-state index contributed by atoms with van der Waals surface area (Å²) < 4.78 is 5.17. The maximum absolute atomic E-state index is 12.0. The van der Waals surface area contributed by atoms with Gasteiger partial charge in [-0.05, 0) is 18.2 Å². The van der Waals surface area contributed by atoms with Gasteiger partial charge in [0.1, 0.15) is 6.73 Å². The minimum absolute atomic E-state index is 0.0428. The number of carbonyl (C=O) groups is 1. The molecule has 1 fully saturated rings. The molecule has 0 bridgehead atoms. The van der Waals surface area contributed by atoms with Crippen molar-refractivity contribution in [1.29, 1.82) is 0 Å². The van der Waals surface area contributed by atoms with Crippen molar-refractivity contribution in [1.82, 2.24) is 4.90 Å². The Hall–Kier alpha value is -1.55. The second-order valence-electron chi connectivity index (χ2n) is 4.05. The summed E-state index contributed by atoms with van der Waals surface area (Å²) >= 11 is 0. The van der Waals surface area contributed by atoms with Crippen LogP contribution in [0.3, 0.4) is 0 Å². The highest BCUT2D eigenvalue weighted by atomic mass is 16.5. The summed E-state index contributed by atoms with van der Waals surface area (Å²) in [6, 6.07) is 7.63. The first-order chi connectivity index (χ1) is 7.68. The predicted octanol–water partition coefficient (Wildman–Crippen LogP) is 1.18. The fraction of sp³-hybridized carbons (Fsp3) is 0.417. The van der Waals surface area contributed by atoms with Gasteiger partial charge < -0.3 is 14.5 Å². The Morgan fingerprint density at radius 3 is 2.88 bits per heavy atom. The van der Waals surface area contributed by atoms with E-state index in [0.29, 0.717) is 19.9 Å². The van der Waals surface area contributed by atoms with Crippen molar-refractivity contribution >= 4 is 11.6 Å². The van der Waals surface area contributed by atoms with Crippen LogP contribution in [0.2, 0.25) is 0 Å². The number of carbonyl (C=O) groups excluding carboxylic acids is 1. The van der Waals surface area contributed by atoms with Crippen LogP contribution in [0, 0.1) is 0 Å². The van der Waals surface area contributed by atoms with Gasteiger partial charge in [0.15, 0.2) is 0 Å². The van der Waals surface area contributed by atoms with E-state index in [4.69, 9.17) is 4.74 Å². The summed E-state index contributed by atoms with van der Waals surface area (Å²) in [6.07, 6.45) is 0. The van der Waals surface area contributed by atoms with E-state index in [0.717, 1.165) is 11.3 Å². The first-order valence-corrected chi connectivity index (χ1v) is 5.33. The molecule has 1 aromatic carbocycles. The van der Waals surface area contributed by atoms with Crippen LogP contribution in [0.15, 0.2) is 24.3 Å². The molecule has 0 radical (unpaired) electrons. The molecule has 4 nitrogen and oxygen atoms in total. The van der Waals surface area contributed by atoms with E-state index in [1.807, 2.05) is 43.3 Å². The van der Waals surface area contributed by atoms with E-state index in [9.17, 15) is 4.79 Å². The molecule has 0 aliphatic carbocycles. The Morgan fingerprint density at radius 2 is 2.25 bits per heavy atom. The molecular weight excluding hydrogens is 204 g/mol. The highest BCUT2D eigenvalue weighted by Crippen LogP contribution is 2.16. The van der Waals surface area contributed by atoms with Gasteiger partial charge in [0.25, 0.3) is 5.91 Å². The van der Waals surface area contributed by atoms with Gasteiger partial charge in [0.2, 0.25) is 0 Å². The summed E-state index contributed by atoms with van der Waals surface area (Å²) in [5.74, 6) is 0.0428. The lowest BCUT2D eigenvalue weighted by Crippen LogP contribution is -2.28. The van der Waals surface area contributed by atoms with Gasteiger partial charge in [-0.25, -0.2) is 0 Å². The van der Waals surface area contributed by atoms with Crippen LogP contribution in [0.4, 0.5) is 5.69 Å². The number of rotatable bonds is 2. The smallest absolute Gasteiger partial charge is 0.255 e. The Balaban J connectivity index is 2.19. The predicted molar refractivity (Wildman–Crippen MR) is 62.6 cm³/mol. The SMILES string of the molecule is CN(C)c1cccc(C(=O)N2CCOC2)c1. The van der Waals surface area contributed by atoms with Crippen LogP contribution in [0.1, 0.15) is 10.4 Å². The highest BCUT2D eigenvalue weighted by Gasteiger charge is 2.19. The fourth-order valence-corrected chi connectivity index (χ4v) is 1.67. The molecule has 0 spiro atoms. The van der Waals surface area contributed by atoms with E-state index in [-0.39, 0.29) is 5.91 Å². The molecule has 1 heterocycles. The molecule has 0 unspecified atom stereocenters. The summed E-state index contributed by atoms with van der Waals surface area (Å²) in [5, 5.41) is 0. The van der Waals surface area contributed by atoms with Crippen molar-refractivity contribution in [2.45, 2.75) is 0 Å². The van der Waals surface area contributed by atoms with Crippen LogP contribution >= 0.6 is 0 Å². The average Bonchev–Trinajstić information content (AvgIpc) is 2.81. The number of nitrogens with zero attached hydrogens (tertiary/aromatic N) is 2. The molecule has 2 rings (SSSR count). The minimum atomic E-state index is 0.0428. The molecule has 0 aromatic heterocycles. The van der Waals surface area contributed by atoms with Crippen molar-refractivity contribution in [3.8, 4) is 0 Å². The van der Waals surface area contributed by atoms with Gasteiger partial charge in [-0.2, -0.15) is 0 Å². The molecule has 4 heteroatoms. The molecule has 1 aliphatic rings. The van der Waals surface area contributed by atoms with Crippen LogP contribution in [0.25, 0.3) is 0 Å². The van der Waals surface area contributed by atoms with Crippen LogP contribution in [-0.4, -0.2) is 44.8 Å². The summed E-state index contributed by atoms with van der Waals surface area (Å²) in [5.41, 5.74) is 1.75. The Bertz CT molecular complexity index is 384. The monoisotopic (exact) mass is 220 g/mol. The fourth-order valence-electron chi connectivity index (χ4n) is 1.67. The van der Waals surface area contributed by atoms with Gasteiger partial charge in [0.05, 0.1) is 6.61 Å². The van der Waals surface area contributed by atoms with Gasteiger partial charge in [-0.15, -0.1) is 0 Å². The summed E-state index contributed by atoms with van der Waals surface area (Å²) in [4.78, 5) is 15.7. The minimum Gasteiger partial charge on any atom is -0.378 e. The third kappa shape index (κ3) is 2.17. The third-order valence-electron chi connectivity index (χ3n) is 2.65. The maximum Gasteiger partial charge on any atom is 0.255 e. The number of anilines is 1. The number of benzene rings is 1. The Labute approximate surface area is 95.4 Å². The van der Waals surface area contributed by atoms with E-state index < -0.39 is 0 Å². The lowest BCUT2D eigenvalue weighted by Gasteiger charge is -2.16. The Kier molecular flexibility index (Phi) is 3.10. The van der Waals surface area contributed by atoms with Crippen molar-refractivity contribution in [3.63, 3.8) is 0 Å². The van der Waals surface area contributed by atoms with E-state index >= 15 is 0 Å². The lowest BCUT2D eigenvalue weighted by molar-refractivity contribution is 0.0695. The zero-order valence-electron chi connectivity index (χ0n) is 9.64. The number of hydrogen-bond acceptors (Lipinski definition) is 3. The molecule has 0 saturated carbocycles. The van der Waals surface area contributed by atoms with Crippen LogP contribution in [0.5, 0.6) is 0 Å². The van der Waals surface area contributed by atoms with Crippen LogP contribution in [-0.2, 0) is 4.74 Å². The number of ether oxygens (including phenoxy) is 1. The summed E-state index contributed by atoms with van der Waals surface area (Å²) in [7, 11) is 3.92. The van der Waals surface area contributed by atoms with Crippen molar-refractivity contribution in [3.05, 3.63) is 29.8 Å². The van der Waals surface area contributed by atoms with E-state index in [1.165, 1.54) is 0 Å². The van der Waals surface area contributed by atoms with E-state index in [2.05, 4.69) is 0 Å². The normalized spacial score (nSPS) is 15.2. The zero-order chi connectivity index (χ0) is 11.5. The first kappa shape index (κ1) is 11.0. The molecule has 0 atom stereocenters. The van der Waals surface area contributed by atoms with E-state index in [1.54, 1.807) is 4.90 Å². The van der Waals surface area contributed by atoms with Crippen LogP contribution < -0.4 is 4.90 Å². The second-order valence-corrected chi connectivity index (χ2v) is 4.05.